The molecule has 2 heterocycles. The molecule has 2 aromatic heterocycles. The Kier molecular flexibility index (Phi) is 6.35. The fraction of sp³-hybridized carbons (Fsp3) is 0.238. The summed E-state index contributed by atoms with van der Waals surface area (Å²) in [5.74, 6) is 0.185. The molecule has 0 bridgehead atoms. The van der Waals surface area contributed by atoms with Crippen molar-refractivity contribution in [1.82, 2.24) is 30.5 Å². The van der Waals surface area contributed by atoms with E-state index in [1.165, 1.54) is 11.8 Å². The van der Waals surface area contributed by atoms with Gasteiger partial charge < -0.3 is 10.3 Å². The molecule has 2 aromatic carbocycles. The van der Waals surface area contributed by atoms with Crippen LogP contribution in [-0.4, -0.2) is 43.4 Å². The number of thioether (sulfide) groups is 1. The highest BCUT2D eigenvalue weighted by Gasteiger charge is 2.13. The summed E-state index contributed by atoms with van der Waals surface area (Å²) in [6.45, 7) is 2.63. The predicted molar refractivity (Wildman–Crippen MR) is 119 cm³/mol. The minimum absolute atomic E-state index is 0.0591. The summed E-state index contributed by atoms with van der Waals surface area (Å²) in [5.41, 5.74) is 4.25. The molecule has 9 heteroatoms. The number of tetrazole rings is 1. The molecule has 0 fully saturated rings. The van der Waals surface area contributed by atoms with E-state index >= 15 is 0 Å². The minimum atomic E-state index is -0.0591. The summed E-state index contributed by atoms with van der Waals surface area (Å²) in [7, 11) is 0. The monoisotopic (exact) mass is 440 g/mol. The lowest BCUT2D eigenvalue weighted by Gasteiger charge is -2.09. The third-order valence-corrected chi connectivity index (χ3v) is 5.97. The number of carbonyl (C=O) groups excluding carboxylic acids is 1. The van der Waals surface area contributed by atoms with Crippen molar-refractivity contribution in [3.63, 3.8) is 0 Å². The van der Waals surface area contributed by atoms with Crippen LogP contribution in [0.4, 0.5) is 0 Å². The highest BCUT2D eigenvalue weighted by molar-refractivity contribution is 7.99. The van der Waals surface area contributed by atoms with Crippen LogP contribution in [-0.2, 0) is 17.6 Å². The van der Waals surface area contributed by atoms with E-state index in [2.05, 4.69) is 38.8 Å². The smallest absolute Gasteiger partial charge is 0.230 e. The second-order valence-electron chi connectivity index (χ2n) is 6.75. The van der Waals surface area contributed by atoms with Crippen molar-refractivity contribution in [2.75, 3.05) is 12.3 Å². The molecule has 1 amide bonds. The van der Waals surface area contributed by atoms with Gasteiger partial charge in [0.15, 0.2) is 0 Å². The van der Waals surface area contributed by atoms with Crippen LogP contribution in [0, 0.1) is 0 Å². The highest BCUT2D eigenvalue weighted by atomic mass is 35.5. The van der Waals surface area contributed by atoms with E-state index in [0.717, 1.165) is 40.6 Å². The van der Waals surface area contributed by atoms with Gasteiger partial charge in [0.2, 0.25) is 11.1 Å². The molecule has 154 valence electrons. The lowest BCUT2D eigenvalue weighted by Crippen LogP contribution is -2.27. The van der Waals surface area contributed by atoms with Crippen LogP contribution in [0.25, 0.3) is 16.6 Å². The number of nitrogens with one attached hydrogen (secondary N) is 2. The summed E-state index contributed by atoms with van der Waals surface area (Å²) in [4.78, 5) is 15.5. The van der Waals surface area contributed by atoms with Gasteiger partial charge in [-0.25, -0.2) is 0 Å². The van der Waals surface area contributed by atoms with Gasteiger partial charge in [0.1, 0.15) is 0 Å². The number of hydrogen-bond donors (Lipinski definition) is 2. The molecule has 2 N–H and O–H groups in total. The number of nitrogens with zero attached hydrogens (tertiary/aromatic N) is 4. The molecule has 4 rings (SSSR count). The van der Waals surface area contributed by atoms with Gasteiger partial charge in [0.25, 0.3) is 0 Å². The number of fused-ring (bicyclic) bond motifs is 1. The molecule has 0 saturated heterocycles. The first-order chi connectivity index (χ1) is 14.7. The number of H-pyrrole nitrogens is 1. The highest BCUT2D eigenvalue weighted by Crippen LogP contribution is 2.23. The van der Waals surface area contributed by atoms with Crippen LogP contribution >= 0.6 is 23.4 Å². The number of aromatic nitrogens is 5. The number of benzene rings is 2. The number of rotatable bonds is 8. The van der Waals surface area contributed by atoms with Gasteiger partial charge in [-0.15, -0.1) is 5.10 Å². The van der Waals surface area contributed by atoms with E-state index in [1.54, 1.807) is 4.68 Å². The van der Waals surface area contributed by atoms with Crippen molar-refractivity contribution in [3.05, 3.63) is 64.8 Å². The van der Waals surface area contributed by atoms with Crippen molar-refractivity contribution >= 4 is 40.2 Å². The fourth-order valence-electron chi connectivity index (χ4n) is 3.31. The SMILES string of the molecule is CCc1ccccc1-n1nnnc1SCC(=O)NCCc1c[nH]c2ccc(Cl)cc12. The zero-order chi connectivity index (χ0) is 20.9. The van der Waals surface area contributed by atoms with E-state index in [1.807, 2.05) is 42.6 Å². The average molecular weight is 441 g/mol. The van der Waals surface area contributed by atoms with Gasteiger partial charge in [-0.05, 0) is 58.7 Å². The first-order valence-corrected chi connectivity index (χ1v) is 11.0. The molecule has 0 unspecified atom stereocenters. The predicted octanol–water partition coefficient (Wildman–Crippen LogP) is 3.81. The normalized spacial score (nSPS) is 11.1. The van der Waals surface area contributed by atoms with Crippen LogP contribution in [0.2, 0.25) is 5.02 Å². The van der Waals surface area contributed by atoms with Crippen LogP contribution in [0.1, 0.15) is 18.1 Å². The Hall–Kier alpha value is -2.84. The number of carbonyl (C=O) groups is 1. The lowest BCUT2D eigenvalue weighted by atomic mass is 10.1. The summed E-state index contributed by atoms with van der Waals surface area (Å²) >= 11 is 7.41. The van der Waals surface area contributed by atoms with Gasteiger partial charge in [-0.1, -0.05) is 48.5 Å². The zero-order valence-corrected chi connectivity index (χ0v) is 18.0. The maximum absolute atomic E-state index is 12.3. The quantitative estimate of drug-likeness (QED) is 0.407. The van der Waals surface area contributed by atoms with Crippen LogP contribution in [0.5, 0.6) is 0 Å². The third-order valence-electron chi connectivity index (χ3n) is 4.82. The number of hydrogen-bond acceptors (Lipinski definition) is 5. The average Bonchev–Trinajstić information content (AvgIpc) is 3.39. The van der Waals surface area contributed by atoms with Crippen LogP contribution < -0.4 is 5.32 Å². The molecular formula is C21H21ClN6OS. The van der Waals surface area contributed by atoms with Crippen molar-refractivity contribution < 1.29 is 4.79 Å². The van der Waals surface area contributed by atoms with Gasteiger partial charge in [-0.3, -0.25) is 4.79 Å². The van der Waals surface area contributed by atoms with Crippen LogP contribution in [0.3, 0.4) is 0 Å². The largest absolute Gasteiger partial charge is 0.361 e. The van der Waals surface area contributed by atoms with Gasteiger partial charge in [0.05, 0.1) is 11.4 Å². The Bertz CT molecular complexity index is 1170. The molecule has 0 radical (unpaired) electrons. The number of para-hydroxylation sites is 1. The van der Waals surface area contributed by atoms with E-state index in [4.69, 9.17) is 11.6 Å². The number of aryl methyl sites for hydroxylation is 1. The topological polar surface area (TPSA) is 88.5 Å². The van der Waals surface area contributed by atoms with Crippen molar-refractivity contribution in [2.45, 2.75) is 24.9 Å². The maximum atomic E-state index is 12.3. The Morgan fingerprint density at radius 2 is 2.10 bits per heavy atom. The number of aromatic amines is 1. The summed E-state index contributed by atoms with van der Waals surface area (Å²) in [5, 5.41) is 17.3. The molecule has 0 spiro atoms. The first-order valence-electron chi connectivity index (χ1n) is 9.67. The zero-order valence-electron chi connectivity index (χ0n) is 16.4. The lowest BCUT2D eigenvalue weighted by molar-refractivity contribution is -0.118. The Morgan fingerprint density at radius 1 is 1.23 bits per heavy atom. The molecule has 0 atom stereocenters. The molecule has 0 aliphatic rings. The molecule has 0 aliphatic heterocycles. The molecule has 0 aliphatic carbocycles. The molecule has 4 aromatic rings. The van der Waals surface area contributed by atoms with E-state index < -0.39 is 0 Å². The number of halogens is 1. The number of amides is 1. The van der Waals surface area contributed by atoms with Gasteiger partial charge in [0, 0.05) is 28.7 Å². The van der Waals surface area contributed by atoms with Crippen molar-refractivity contribution in [1.29, 1.82) is 0 Å². The van der Waals surface area contributed by atoms with Gasteiger partial charge >= 0.3 is 0 Å². The van der Waals surface area contributed by atoms with E-state index in [-0.39, 0.29) is 11.7 Å². The Balaban J connectivity index is 1.33. The summed E-state index contributed by atoms with van der Waals surface area (Å²) in [6.07, 6.45) is 3.55. The summed E-state index contributed by atoms with van der Waals surface area (Å²) in [6, 6.07) is 13.7. The Labute approximate surface area is 183 Å². The summed E-state index contributed by atoms with van der Waals surface area (Å²) < 4.78 is 1.69. The van der Waals surface area contributed by atoms with E-state index in [9.17, 15) is 4.79 Å². The minimum Gasteiger partial charge on any atom is -0.361 e. The second kappa shape index (κ2) is 9.32. The van der Waals surface area contributed by atoms with Crippen molar-refractivity contribution in [3.8, 4) is 5.69 Å². The third kappa shape index (κ3) is 4.49. The van der Waals surface area contributed by atoms with E-state index in [0.29, 0.717) is 16.7 Å². The fourth-order valence-corrected chi connectivity index (χ4v) is 4.20. The molecule has 7 nitrogen and oxygen atoms in total. The van der Waals surface area contributed by atoms with Crippen LogP contribution in [0.15, 0.2) is 53.8 Å². The second-order valence-corrected chi connectivity index (χ2v) is 8.13. The molecule has 30 heavy (non-hydrogen) atoms. The Morgan fingerprint density at radius 3 is 2.97 bits per heavy atom. The van der Waals surface area contributed by atoms with Crippen molar-refractivity contribution in [2.24, 2.45) is 0 Å². The molecular weight excluding hydrogens is 420 g/mol. The standard InChI is InChI=1S/C21H21ClN6OS/c1-2-14-5-3-4-6-19(14)28-21(25-26-27-28)30-13-20(29)23-10-9-15-12-24-18-8-7-16(22)11-17(15)18/h3-8,11-12,24H,2,9-10,13H2,1H3,(H,23,29). The first kappa shape index (κ1) is 20.4. The molecule has 0 saturated carbocycles. The maximum Gasteiger partial charge on any atom is 0.230 e. The van der Waals surface area contributed by atoms with Gasteiger partial charge in [-0.2, -0.15) is 4.68 Å².